The molecule has 4 fully saturated rings. The molecule has 10 rings (SSSR count). The number of pyridine rings is 2. The van der Waals surface area contributed by atoms with Crippen LogP contribution in [0, 0.1) is 13.8 Å². The molecule has 6 N–H and O–H groups in total. The average molecular weight is 1050 g/mol. The second kappa shape index (κ2) is 23.9. The number of nitrogens with two attached hydrogens (primary N) is 1. The van der Waals surface area contributed by atoms with Crippen molar-refractivity contribution in [3.63, 3.8) is 0 Å². The van der Waals surface area contributed by atoms with Gasteiger partial charge in [0.15, 0.2) is 0 Å². The molecule has 0 aliphatic carbocycles. The van der Waals surface area contributed by atoms with Gasteiger partial charge in [-0.15, -0.1) is 0 Å². The lowest BCUT2D eigenvalue weighted by Gasteiger charge is -2.27. The Balaban J connectivity index is 0.000000175. The zero-order chi connectivity index (χ0) is 53.2. The first-order chi connectivity index (χ1) is 35.4. The molecule has 0 radical (unpaired) electrons. The van der Waals surface area contributed by atoms with Gasteiger partial charge in [0, 0.05) is 103 Å². The molecule has 0 atom stereocenters. The van der Waals surface area contributed by atoms with E-state index < -0.39 is 33.2 Å². The highest BCUT2D eigenvalue weighted by Crippen LogP contribution is 2.32. The molecule has 19 nitrogen and oxygen atoms in total. The summed E-state index contributed by atoms with van der Waals surface area (Å²) in [4.78, 5) is 57.7. The van der Waals surface area contributed by atoms with Crippen LogP contribution >= 0.6 is 0 Å². The van der Waals surface area contributed by atoms with Crippen LogP contribution in [0.25, 0.3) is 21.8 Å². The molecule has 390 valence electrons. The Hall–Kier alpha value is -6.69. The largest absolute Gasteiger partial charge is 0.478 e. The molecule has 4 aliphatic heterocycles. The predicted molar refractivity (Wildman–Crippen MR) is 280 cm³/mol. The fourth-order valence-electron chi connectivity index (χ4n) is 9.18. The molecule has 0 spiro atoms. The van der Waals surface area contributed by atoms with Crippen molar-refractivity contribution in [2.45, 2.75) is 49.3 Å². The molecule has 4 aromatic carbocycles. The predicted octanol–water partition coefficient (Wildman–Crippen LogP) is 5.72. The Labute approximate surface area is 424 Å². The van der Waals surface area contributed by atoms with Crippen LogP contribution in [-0.4, -0.2) is 138 Å². The van der Waals surface area contributed by atoms with E-state index in [9.17, 15) is 45.5 Å². The van der Waals surface area contributed by atoms with Crippen molar-refractivity contribution in [2.75, 3.05) is 107 Å². The number of fused-ring (bicyclic) bond motifs is 2. The van der Waals surface area contributed by atoms with E-state index in [1.807, 2.05) is 36.9 Å². The van der Waals surface area contributed by atoms with Crippen LogP contribution < -0.4 is 32.0 Å². The highest BCUT2D eigenvalue weighted by Gasteiger charge is 2.31. The number of halogens is 1. The van der Waals surface area contributed by atoms with Crippen LogP contribution in [0.5, 0.6) is 0 Å². The van der Waals surface area contributed by atoms with Crippen LogP contribution in [0.1, 0.15) is 58.9 Å². The van der Waals surface area contributed by atoms with Crippen LogP contribution in [0.15, 0.2) is 104 Å². The number of nitrogens with one attached hydrogen (secondary N) is 3. The van der Waals surface area contributed by atoms with E-state index >= 15 is 0 Å². The van der Waals surface area contributed by atoms with Gasteiger partial charge in [-0.05, 0) is 123 Å². The Morgan fingerprint density at radius 2 is 1.05 bits per heavy atom. The van der Waals surface area contributed by atoms with Crippen molar-refractivity contribution in [3.05, 3.63) is 128 Å². The number of alkyl halides is 1. The zero-order valence-corrected chi connectivity index (χ0v) is 42.3. The number of hydrogen-bond donors (Lipinski definition) is 5. The number of nitrogens with zero attached hydrogens (tertiary/aromatic N) is 4. The van der Waals surface area contributed by atoms with Crippen molar-refractivity contribution in [2.24, 2.45) is 0 Å². The molecule has 73 heavy (non-hydrogen) atoms. The quantitative estimate of drug-likeness (QED) is 0.109. The SMILES string of the molecule is Cc1cc(=O)[nH]c2ccc(N)cc12.Cc1cc(=O)[nH]c2ccc(NC(=O)c3cc(S(=O)(=O)N4CCOCC4)ccc3N3CCCC3)cc12.O=C(O)c1cc(S(=O)(=O)N2CCOCC2)ccc1N1CCCC1.[2H]CF. The summed E-state index contributed by atoms with van der Waals surface area (Å²) in [6.07, 6.45) is 4.09. The number of aryl methyl sites for hydroxylation is 2. The monoisotopic (exact) mass is 1050 g/mol. The topological polar surface area (TPSA) is 258 Å². The standard InChI is InChI=1S/C25H28N4O5S.C15H20N2O5S.C10H10N2O.CH3F/c1-17-14-24(30)27-22-6-4-18(15-20(17)22)26-25(31)21-16-19(5-7-23(21)28-8-2-3-9-28)35(32,33)29-10-12-34-13-11-29;18-15(19)13-11-12(3-4-14(13)16-5-1-2-6-16)23(20,21)17-7-9-22-10-8-17;1-6-4-10(13)12-9-3-2-7(11)5-8(6)9;1-2/h4-7,14-16H,2-3,8-13H2,1H3,(H,26,31)(H,27,30);3-4,11H,1-2,5-10H2,(H,18,19);2-5H,11H2,1H3,(H,12,13);1H3/i;;;1D. The minimum atomic E-state index is -3.75. The lowest BCUT2D eigenvalue weighted by atomic mass is 10.1. The number of benzene rings is 4. The minimum absolute atomic E-state index is 0.0275. The molecule has 6 heterocycles. The number of sulfonamides is 2. The third kappa shape index (κ3) is 12.7. The highest BCUT2D eigenvalue weighted by atomic mass is 32.2. The van der Waals surface area contributed by atoms with Crippen molar-refractivity contribution in [3.8, 4) is 0 Å². The molecule has 2 aromatic heterocycles. The maximum absolute atomic E-state index is 13.5. The summed E-state index contributed by atoms with van der Waals surface area (Å²) in [5.74, 6) is -1.49. The highest BCUT2D eigenvalue weighted by molar-refractivity contribution is 7.89. The molecule has 0 unspecified atom stereocenters. The Bertz CT molecular complexity index is 3340. The Kier molecular flexibility index (Phi) is 17.2. The summed E-state index contributed by atoms with van der Waals surface area (Å²) in [6.45, 7) is 9.56. The number of ether oxygens (including phenoxy) is 2. The maximum atomic E-state index is 13.5. The van der Waals surface area contributed by atoms with Crippen LogP contribution in [0.3, 0.4) is 0 Å². The number of aromatic carboxylic acids is 1. The fourth-order valence-corrected chi connectivity index (χ4v) is 12.1. The van der Waals surface area contributed by atoms with Gasteiger partial charge in [-0.25, -0.2) is 21.6 Å². The number of amides is 1. The van der Waals surface area contributed by atoms with Crippen LogP contribution in [-0.2, 0) is 29.5 Å². The minimum Gasteiger partial charge on any atom is -0.478 e. The number of nitrogen functional groups attached to an aromatic ring is 1. The van der Waals surface area contributed by atoms with Gasteiger partial charge in [0.25, 0.3) is 5.91 Å². The number of H-pyrrole nitrogens is 2. The van der Waals surface area contributed by atoms with Crippen LogP contribution in [0.2, 0.25) is 0 Å². The molecule has 22 heteroatoms. The van der Waals surface area contributed by atoms with Crippen molar-refractivity contribution >= 4 is 76.5 Å². The van der Waals surface area contributed by atoms with Crippen molar-refractivity contribution in [1.82, 2.24) is 18.6 Å². The first-order valence-corrected chi connectivity index (χ1v) is 26.7. The number of morpholine rings is 2. The van der Waals surface area contributed by atoms with Gasteiger partial charge in [-0.3, -0.25) is 18.8 Å². The number of carboxylic acid groups (broad SMARTS) is 1. The molecule has 4 aliphatic rings. The molecule has 6 aromatic rings. The summed E-state index contributed by atoms with van der Waals surface area (Å²) in [5, 5.41) is 14.2. The van der Waals surface area contributed by atoms with E-state index in [4.69, 9.17) is 16.6 Å². The maximum Gasteiger partial charge on any atom is 0.337 e. The summed E-state index contributed by atoms with van der Waals surface area (Å²) in [6, 6.07) is 23.0. The normalized spacial score (nSPS) is 16.6. The van der Waals surface area contributed by atoms with E-state index in [0.717, 1.165) is 85.0 Å². The van der Waals surface area contributed by atoms with E-state index in [1.54, 1.807) is 42.5 Å². The van der Waals surface area contributed by atoms with E-state index in [1.165, 1.54) is 32.9 Å². The summed E-state index contributed by atoms with van der Waals surface area (Å²) >= 11 is 0. The molecule has 1 amide bonds. The van der Waals surface area contributed by atoms with Gasteiger partial charge < -0.3 is 45.4 Å². The lowest BCUT2D eigenvalue weighted by molar-refractivity contribution is 0.0696. The van der Waals surface area contributed by atoms with Gasteiger partial charge in [0.05, 0.1) is 61.6 Å². The van der Waals surface area contributed by atoms with Gasteiger partial charge in [-0.1, -0.05) is 0 Å². The first-order valence-electron chi connectivity index (χ1n) is 24.5. The van der Waals surface area contributed by atoms with Gasteiger partial charge in [0.2, 0.25) is 31.2 Å². The second-order valence-electron chi connectivity index (χ2n) is 17.7. The summed E-state index contributed by atoms with van der Waals surface area (Å²) in [7, 11) is -8.44. The van der Waals surface area contributed by atoms with Crippen molar-refractivity contribution in [1.29, 1.82) is 0 Å². The van der Waals surface area contributed by atoms with Gasteiger partial charge in [0.1, 0.15) is 0 Å². The van der Waals surface area contributed by atoms with E-state index in [-0.39, 0.29) is 45.5 Å². The molecule has 0 saturated carbocycles. The van der Waals surface area contributed by atoms with E-state index in [2.05, 4.69) is 20.2 Å². The number of carbonyl (C=O) groups is 2. The number of carbonyl (C=O) groups excluding carboxylic acids is 1. The van der Waals surface area contributed by atoms with Gasteiger partial charge >= 0.3 is 5.97 Å². The summed E-state index contributed by atoms with van der Waals surface area (Å²) < 4.78 is 80.5. The zero-order valence-electron chi connectivity index (χ0n) is 41.7. The fraction of sp³-hybridized carbons (Fsp3) is 0.373. The number of carboxylic acids is 1. The second-order valence-corrected chi connectivity index (χ2v) is 21.6. The number of hydrogen-bond acceptors (Lipinski definition) is 13. The summed E-state index contributed by atoms with van der Waals surface area (Å²) in [5.41, 5.74) is 11.6. The Morgan fingerprint density at radius 3 is 1.52 bits per heavy atom. The third-order valence-corrected chi connectivity index (χ3v) is 16.7. The lowest BCUT2D eigenvalue weighted by Crippen LogP contribution is -2.40. The average Bonchev–Trinajstić information content (AvgIpc) is 4.14. The number of aromatic nitrogens is 2. The van der Waals surface area contributed by atoms with Crippen molar-refractivity contribution < 1.29 is 46.8 Å². The number of anilines is 4. The number of rotatable bonds is 9. The smallest absolute Gasteiger partial charge is 0.337 e. The first kappa shape index (κ1) is 52.6. The number of aromatic amines is 2. The van der Waals surface area contributed by atoms with Crippen LogP contribution in [0.4, 0.5) is 27.1 Å². The third-order valence-electron chi connectivity index (χ3n) is 12.9. The Morgan fingerprint density at radius 1 is 0.630 bits per heavy atom. The molecular formula is C51H61FN8O11S2. The molecular weight excluding hydrogens is 984 g/mol. The van der Waals surface area contributed by atoms with Gasteiger partial charge in [-0.2, -0.15) is 8.61 Å². The molecule has 4 saturated heterocycles. The van der Waals surface area contributed by atoms with E-state index in [0.29, 0.717) is 67.7 Å². The molecule has 0 bridgehead atoms.